The van der Waals surface area contributed by atoms with Crippen molar-refractivity contribution in [3.05, 3.63) is 33.8 Å². The van der Waals surface area contributed by atoms with Crippen molar-refractivity contribution < 1.29 is 9.66 Å². The first-order valence-corrected chi connectivity index (χ1v) is 8.16. The number of thiazole rings is 1. The van der Waals surface area contributed by atoms with Crippen molar-refractivity contribution >= 4 is 28.0 Å². The van der Waals surface area contributed by atoms with Gasteiger partial charge in [0.2, 0.25) is 11.7 Å². The molecule has 23 heavy (non-hydrogen) atoms. The molecule has 2 aromatic rings. The van der Waals surface area contributed by atoms with Crippen molar-refractivity contribution in [2.24, 2.45) is 0 Å². The summed E-state index contributed by atoms with van der Waals surface area (Å²) in [6.45, 7) is 2.99. The van der Waals surface area contributed by atoms with Gasteiger partial charge in [0.15, 0.2) is 5.13 Å². The first-order valence-electron chi connectivity index (χ1n) is 7.28. The van der Waals surface area contributed by atoms with Crippen LogP contribution in [0.4, 0.5) is 16.6 Å². The molecule has 1 aliphatic heterocycles. The Kier molecular flexibility index (Phi) is 4.56. The predicted octanol–water partition coefficient (Wildman–Crippen LogP) is 2.17. The summed E-state index contributed by atoms with van der Waals surface area (Å²) in [5.41, 5.74) is 0.00787. The van der Waals surface area contributed by atoms with Gasteiger partial charge in [0.25, 0.3) is 0 Å². The third-order valence-electron chi connectivity index (χ3n) is 3.72. The van der Waals surface area contributed by atoms with Crippen molar-refractivity contribution in [3.8, 4) is 5.88 Å². The Balaban J connectivity index is 1.83. The van der Waals surface area contributed by atoms with E-state index in [0.29, 0.717) is 24.8 Å². The molecule has 1 saturated heterocycles. The van der Waals surface area contributed by atoms with Crippen LogP contribution in [0.5, 0.6) is 5.88 Å². The summed E-state index contributed by atoms with van der Waals surface area (Å²) in [6, 6.07) is 2.96. The van der Waals surface area contributed by atoms with Gasteiger partial charge < -0.3 is 14.5 Å². The van der Waals surface area contributed by atoms with Crippen LogP contribution >= 0.6 is 11.3 Å². The Labute approximate surface area is 137 Å². The molecule has 0 unspecified atom stereocenters. The van der Waals surface area contributed by atoms with E-state index in [2.05, 4.69) is 14.9 Å². The van der Waals surface area contributed by atoms with E-state index in [1.807, 2.05) is 10.3 Å². The molecule has 0 atom stereocenters. The lowest BCUT2D eigenvalue weighted by Crippen LogP contribution is -2.31. The zero-order valence-corrected chi connectivity index (χ0v) is 13.5. The van der Waals surface area contributed by atoms with Gasteiger partial charge in [-0.25, -0.2) is 4.98 Å². The van der Waals surface area contributed by atoms with E-state index in [0.717, 1.165) is 24.6 Å². The summed E-state index contributed by atoms with van der Waals surface area (Å²) in [4.78, 5) is 23.7. The van der Waals surface area contributed by atoms with Crippen LogP contribution in [0.25, 0.3) is 0 Å². The molecule has 0 bridgehead atoms. The molecule has 0 saturated carbocycles. The smallest absolute Gasteiger partial charge is 0.311 e. The zero-order valence-electron chi connectivity index (χ0n) is 12.7. The second kappa shape index (κ2) is 6.78. The van der Waals surface area contributed by atoms with Gasteiger partial charge in [-0.05, 0) is 6.42 Å². The Hall–Kier alpha value is -2.42. The first-order chi connectivity index (χ1) is 11.2. The maximum atomic E-state index is 11.3. The maximum absolute atomic E-state index is 11.3. The lowest BCUT2D eigenvalue weighted by Gasteiger charge is -2.22. The Morgan fingerprint density at radius 3 is 2.74 bits per heavy atom. The number of anilines is 2. The van der Waals surface area contributed by atoms with E-state index in [4.69, 9.17) is 4.74 Å². The van der Waals surface area contributed by atoms with Crippen molar-refractivity contribution in [1.82, 2.24) is 9.97 Å². The molecular formula is C14H17N5O3S. The van der Waals surface area contributed by atoms with Crippen LogP contribution in [-0.4, -0.2) is 48.2 Å². The maximum Gasteiger partial charge on any atom is 0.311 e. The average molecular weight is 335 g/mol. The SMILES string of the molecule is COc1ccc([N+](=O)[O-])c(N2CCCN(c3nccs3)CC2)n1. The Bertz CT molecular complexity index is 679. The van der Waals surface area contributed by atoms with Gasteiger partial charge in [-0.2, -0.15) is 4.98 Å². The minimum Gasteiger partial charge on any atom is -0.481 e. The number of nitrogens with zero attached hydrogens (tertiary/aromatic N) is 5. The van der Waals surface area contributed by atoms with Crippen molar-refractivity contribution in [2.45, 2.75) is 6.42 Å². The van der Waals surface area contributed by atoms with Crippen LogP contribution in [0.2, 0.25) is 0 Å². The molecule has 3 rings (SSSR count). The molecule has 2 aromatic heterocycles. The Morgan fingerprint density at radius 2 is 2.04 bits per heavy atom. The van der Waals surface area contributed by atoms with Gasteiger partial charge in [-0.1, -0.05) is 0 Å². The molecule has 122 valence electrons. The predicted molar refractivity (Wildman–Crippen MR) is 88.6 cm³/mol. The van der Waals surface area contributed by atoms with Crippen molar-refractivity contribution in [1.29, 1.82) is 0 Å². The second-order valence-corrected chi connectivity index (χ2v) is 5.97. The molecular weight excluding hydrogens is 318 g/mol. The van der Waals surface area contributed by atoms with Gasteiger partial charge in [0.05, 0.1) is 12.0 Å². The number of nitro groups is 1. The normalized spacial score (nSPS) is 15.3. The quantitative estimate of drug-likeness (QED) is 0.625. The monoisotopic (exact) mass is 335 g/mol. The Morgan fingerprint density at radius 1 is 1.26 bits per heavy atom. The van der Waals surface area contributed by atoms with Gasteiger partial charge >= 0.3 is 5.69 Å². The van der Waals surface area contributed by atoms with E-state index in [9.17, 15) is 10.1 Å². The summed E-state index contributed by atoms with van der Waals surface area (Å²) in [6.07, 6.45) is 2.67. The highest BCUT2D eigenvalue weighted by atomic mass is 32.1. The fourth-order valence-corrected chi connectivity index (χ4v) is 3.30. The van der Waals surface area contributed by atoms with Gasteiger partial charge in [0.1, 0.15) is 0 Å². The van der Waals surface area contributed by atoms with Crippen molar-refractivity contribution in [2.75, 3.05) is 43.1 Å². The fraction of sp³-hybridized carbons (Fsp3) is 0.429. The van der Waals surface area contributed by atoms with Gasteiger partial charge in [0, 0.05) is 49.9 Å². The lowest BCUT2D eigenvalue weighted by molar-refractivity contribution is -0.384. The average Bonchev–Trinajstić information content (AvgIpc) is 2.99. The molecule has 9 heteroatoms. The number of ether oxygens (including phenoxy) is 1. The highest BCUT2D eigenvalue weighted by Crippen LogP contribution is 2.30. The molecule has 0 radical (unpaired) electrons. The molecule has 0 N–H and O–H groups in total. The van der Waals surface area contributed by atoms with Crippen LogP contribution in [0.1, 0.15) is 6.42 Å². The number of hydrogen-bond donors (Lipinski definition) is 0. The third-order valence-corrected chi connectivity index (χ3v) is 4.55. The summed E-state index contributed by atoms with van der Waals surface area (Å²) in [5.74, 6) is 0.752. The number of methoxy groups -OCH3 is 1. The third kappa shape index (κ3) is 3.34. The van der Waals surface area contributed by atoms with Crippen LogP contribution in [0, 0.1) is 10.1 Å². The molecule has 1 fully saturated rings. The minimum atomic E-state index is -0.398. The van der Waals surface area contributed by atoms with E-state index in [-0.39, 0.29) is 5.69 Å². The lowest BCUT2D eigenvalue weighted by atomic mass is 10.3. The number of hydrogen-bond acceptors (Lipinski definition) is 8. The van der Waals surface area contributed by atoms with E-state index >= 15 is 0 Å². The van der Waals surface area contributed by atoms with Crippen LogP contribution < -0.4 is 14.5 Å². The van der Waals surface area contributed by atoms with Crippen molar-refractivity contribution in [3.63, 3.8) is 0 Å². The first kappa shape index (κ1) is 15.5. The molecule has 0 spiro atoms. The minimum absolute atomic E-state index is 0.00787. The summed E-state index contributed by atoms with van der Waals surface area (Å²) in [7, 11) is 1.50. The largest absolute Gasteiger partial charge is 0.481 e. The highest BCUT2D eigenvalue weighted by Gasteiger charge is 2.25. The van der Waals surface area contributed by atoms with Crippen LogP contribution in [-0.2, 0) is 0 Å². The number of rotatable bonds is 4. The van der Waals surface area contributed by atoms with Crippen LogP contribution in [0.3, 0.4) is 0 Å². The fourth-order valence-electron chi connectivity index (χ4n) is 2.61. The van der Waals surface area contributed by atoms with Crippen LogP contribution in [0.15, 0.2) is 23.7 Å². The number of pyridine rings is 1. The zero-order chi connectivity index (χ0) is 16.2. The van der Waals surface area contributed by atoms with Gasteiger partial charge in [-0.3, -0.25) is 10.1 Å². The van der Waals surface area contributed by atoms with Gasteiger partial charge in [-0.15, -0.1) is 11.3 Å². The van der Waals surface area contributed by atoms with E-state index in [1.54, 1.807) is 17.5 Å². The van der Waals surface area contributed by atoms with E-state index in [1.165, 1.54) is 19.2 Å². The molecule has 8 nitrogen and oxygen atoms in total. The summed E-state index contributed by atoms with van der Waals surface area (Å²) in [5, 5.41) is 14.2. The molecule has 1 aliphatic rings. The second-order valence-electron chi connectivity index (χ2n) is 5.10. The molecule has 0 aromatic carbocycles. The number of aromatic nitrogens is 2. The molecule has 0 aliphatic carbocycles. The van der Waals surface area contributed by atoms with E-state index < -0.39 is 4.92 Å². The highest BCUT2D eigenvalue weighted by molar-refractivity contribution is 7.13. The summed E-state index contributed by atoms with van der Waals surface area (Å²) >= 11 is 1.60. The molecule has 3 heterocycles. The standard InChI is InChI=1S/C14H17N5O3S/c1-22-12-4-3-11(19(20)21)13(16-12)17-6-2-7-18(9-8-17)14-15-5-10-23-14/h3-5,10H,2,6-9H2,1H3. The molecule has 0 amide bonds. The summed E-state index contributed by atoms with van der Waals surface area (Å²) < 4.78 is 5.11. The topological polar surface area (TPSA) is 84.6 Å².